The summed E-state index contributed by atoms with van der Waals surface area (Å²) in [5.41, 5.74) is 0. The fraction of sp³-hybridized carbons (Fsp3) is 1.00. The predicted octanol–water partition coefficient (Wildman–Crippen LogP) is 5.68. The van der Waals surface area contributed by atoms with Crippen molar-refractivity contribution in [3.05, 3.63) is 0 Å². The molecule has 0 aromatic rings. The second kappa shape index (κ2) is 13.4. The number of unbranched alkanes of at least 4 members (excludes halogenated alkanes) is 4. The van der Waals surface area contributed by atoms with Crippen LogP contribution in [0.2, 0.25) is 0 Å². The standard InChI is InChI=1S/C17H37N/c1-5-9-11-14-17(15-12-10-6-2)18-16(8-4)13-7-3/h16-18H,5-15H2,1-4H3. The zero-order chi connectivity index (χ0) is 13.6. The lowest BCUT2D eigenvalue weighted by atomic mass is 9.99. The Labute approximate surface area is 116 Å². The molecular weight excluding hydrogens is 218 g/mol. The molecule has 0 aliphatic rings. The van der Waals surface area contributed by atoms with Crippen LogP contribution < -0.4 is 5.32 Å². The second-order valence-electron chi connectivity index (χ2n) is 5.75. The topological polar surface area (TPSA) is 12.0 Å². The first-order valence-corrected chi connectivity index (χ1v) is 8.54. The zero-order valence-corrected chi connectivity index (χ0v) is 13.4. The monoisotopic (exact) mass is 255 g/mol. The Bertz CT molecular complexity index is 146. The summed E-state index contributed by atoms with van der Waals surface area (Å²) >= 11 is 0. The van der Waals surface area contributed by atoms with E-state index in [4.69, 9.17) is 0 Å². The molecule has 0 saturated carbocycles. The number of rotatable bonds is 13. The molecule has 1 nitrogen and oxygen atoms in total. The Hall–Kier alpha value is -0.0400. The molecule has 0 aromatic carbocycles. The molecule has 1 heteroatoms. The van der Waals surface area contributed by atoms with E-state index in [0.29, 0.717) is 0 Å². The summed E-state index contributed by atoms with van der Waals surface area (Å²) in [6, 6.07) is 1.53. The van der Waals surface area contributed by atoms with Gasteiger partial charge in [0.05, 0.1) is 0 Å². The van der Waals surface area contributed by atoms with Crippen molar-refractivity contribution in [2.75, 3.05) is 0 Å². The lowest BCUT2D eigenvalue weighted by molar-refractivity contribution is 0.349. The van der Waals surface area contributed by atoms with Crippen LogP contribution in [0, 0.1) is 0 Å². The third-order valence-electron chi connectivity index (χ3n) is 3.91. The van der Waals surface area contributed by atoms with Crippen LogP contribution >= 0.6 is 0 Å². The molecule has 1 unspecified atom stereocenters. The third-order valence-corrected chi connectivity index (χ3v) is 3.91. The van der Waals surface area contributed by atoms with E-state index in [0.717, 1.165) is 12.1 Å². The van der Waals surface area contributed by atoms with Gasteiger partial charge in [-0.15, -0.1) is 0 Å². The first-order valence-electron chi connectivity index (χ1n) is 8.54. The fourth-order valence-corrected chi connectivity index (χ4v) is 2.68. The summed E-state index contributed by atoms with van der Waals surface area (Å²) in [6.45, 7) is 9.22. The Morgan fingerprint density at radius 3 is 1.56 bits per heavy atom. The summed E-state index contributed by atoms with van der Waals surface area (Å²) in [4.78, 5) is 0. The van der Waals surface area contributed by atoms with Crippen molar-refractivity contribution in [2.24, 2.45) is 0 Å². The lowest BCUT2D eigenvalue weighted by Crippen LogP contribution is -2.38. The molecule has 0 amide bonds. The summed E-state index contributed by atoms with van der Waals surface area (Å²) in [6.07, 6.45) is 15.0. The van der Waals surface area contributed by atoms with Gasteiger partial charge in [0.25, 0.3) is 0 Å². The van der Waals surface area contributed by atoms with Gasteiger partial charge in [0.2, 0.25) is 0 Å². The molecule has 0 aliphatic heterocycles. The van der Waals surface area contributed by atoms with Crippen LogP contribution in [0.25, 0.3) is 0 Å². The van der Waals surface area contributed by atoms with Crippen LogP contribution in [-0.4, -0.2) is 12.1 Å². The minimum Gasteiger partial charge on any atom is -0.311 e. The van der Waals surface area contributed by atoms with Crippen LogP contribution in [0.1, 0.15) is 98.3 Å². The summed E-state index contributed by atoms with van der Waals surface area (Å²) < 4.78 is 0. The van der Waals surface area contributed by atoms with Gasteiger partial charge in [-0.05, 0) is 25.7 Å². The third kappa shape index (κ3) is 9.94. The average molecular weight is 255 g/mol. The van der Waals surface area contributed by atoms with Gasteiger partial charge in [0, 0.05) is 12.1 Å². The lowest BCUT2D eigenvalue weighted by Gasteiger charge is -2.25. The van der Waals surface area contributed by atoms with Gasteiger partial charge in [-0.3, -0.25) is 0 Å². The molecule has 0 aliphatic carbocycles. The van der Waals surface area contributed by atoms with Crippen molar-refractivity contribution >= 4 is 0 Å². The molecule has 110 valence electrons. The van der Waals surface area contributed by atoms with Gasteiger partial charge in [-0.2, -0.15) is 0 Å². The quantitative estimate of drug-likeness (QED) is 0.417. The maximum absolute atomic E-state index is 3.92. The molecule has 0 bridgehead atoms. The van der Waals surface area contributed by atoms with Crippen molar-refractivity contribution in [1.29, 1.82) is 0 Å². The first-order chi connectivity index (χ1) is 8.78. The van der Waals surface area contributed by atoms with E-state index in [9.17, 15) is 0 Å². The molecule has 18 heavy (non-hydrogen) atoms. The van der Waals surface area contributed by atoms with E-state index >= 15 is 0 Å². The van der Waals surface area contributed by atoms with Gasteiger partial charge in [0.15, 0.2) is 0 Å². The second-order valence-corrected chi connectivity index (χ2v) is 5.75. The van der Waals surface area contributed by atoms with E-state index < -0.39 is 0 Å². The molecule has 0 radical (unpaired) electrons. The first kappa shape index (κ1) is 18.0. The number of nitrogens with one attached hydrogen (secondary N) is 1. The molecule has 0 aromatic heterocycles. The Balaban J connectivity index is 3.99. The van der Waals surface area contributed by atoms with Gasteiger partial charge in [0.1, 0.15) is 0 Å². The van der Waals surface area contributed by atoms with Gasteiger partial charge in [-0.1, -0.05) is 72.6 Å². The Kier molecular flexibility index (Phi) is 13.4. The Morgan fingerprint density at radius 1 is 0.611 bits per heavy atom. The normalized spacial score (nSPS) is 13.2. The van der Waals surface area contributed by atoms with Gasteiger partial charge in [-0.25, -0.2) is 0 Å². The number of hydrogen-bond donors (Lipinski definition) is 1. The molecule has 0 spiro atoms. The van der Waals surface area contributed by atoms with E-state index in [1.54, 1.807) is 0 Å². The smallest absolute Gasteiger partial charge is 0.00696 e. The zero-order valence-electron chi connectivity index (χ0n) is 13.4. The molecule has 0 fully saturated rings. The fourth-order valence-electron chi connectivity index (χ4n) is 2.68. The Morgan fingerprint density at radius 2 is 1.17 bits per heavy atom. The summed E-state index contributed by atoms with van der Waals surface area (Å²) in [7, 11) is 0. The van der Waals surface area contributed by atoms with Crippen molar-refractivity contribution in [1.82, 2.24) is 5.32 Å². The predicted molar refractivity (Wildman–Crippen MR) is 84.2 cm³/mol. The highest BCUT2D eigenvalue weighted by atomic mass is 14.9. The SMILES string of the molecule is CCCCCC(CCCCC)NC(CC)CCC. The van der Waals surface area contributed by atoms with E-state index in [2.05, 4.69) is 33.0 Å². The summed E-state index contributed by atoms with van der Waals surface area (Å²) in [5, 5.41) is 3.92. The average Bonchev–Trinajstić information content (AvgIpc) is 2.38. The van der Waals surface area contributed by atoms with Crippen LogP contribution in [0.15, 0.2) is 0 Å². The van der Waals surface area contributed by atoms with E-state index in [1.807, 2.05) is 0 Å². The molecule has 0 rings (SSSR count). The molecular formula is C17H37N. The van der Waals surface area contributed by atoms with Crippen molar-refractivity contribution < 1.29 is 0 Å². The van der Waals surface area contributed by atoms with Crippen molar-refractivity contribution in [3.8, 4) is 0 Å². The molecule has 0 heterocycles. The molecule has 1 N–H and O–H groups in total. The molecule has 1 atom stereocenters. The molecule has 0 saturated heterocycles. The van der Waals surface area contributed by atoms with Crippen LogP contribution in [0.3, 0.4) is 0 Å². The van der Waals surface area contributed by atoms with Crippen molar-refractivity contribution in [2.45, 2.75) is 110 Å². The van der Waals surface area contributed by atoms with Crippen molar-refractivity contribution in [3.63, 3.8) is 0 Å². The maximum atomic E-state index is 3.92. The van der Waals surface area contributed by atoms with Crippen LogP contribution in [0.4, 0.5) is 0 Å². The minimum absolute atomic E-state index is 0.753. The van der Waals surface area contributed by atoms with E-state index in [1.165, 1.54) is 70.6 Å². The highest BCUT2D eigenvalue weighted by molar-refractivity contribution is 4.73. The highest BCUT2D eigenvalue weighted by Gasteiger charge is 2.12. The number of hydrogen-bond acceptors (Lipinski definition) is 1. The van der Waals surface area contributed by atoms with Gasteiger partial charge >= 0.3 is 0 Å². The van der Waals surface area contributed by atoms with E-state index in [-0.39, 0.29) is 0 Å². The van der Waals surface area contributed by atoms with Crippen LogP contribution in [-0.2, 0) is 0 Å². The maximum Gasteiger partial charge on any atom is 0.00696 e. The van der Waals surface area contributed by atoms with Gasteiger partial charge < -0.3 is 5.32 Å². The highest BCUT2D eigenvalue weighted by Crippen LogP contribution is 2.13. The minimum atomic E-state index is 0.753. The largest absolute Gasteiger partial charge is 0.311 e. The van der Waals surface area contributed by atoms with Crippen LogP contribution in [0.5, 0.6) is 0 Å². The summed E-state index contributed by atoms with van der Waals surface area (Å²) in [5.74, 6) is 0.